The molecule has 1 rings (SSSR count). The van der Waals surface area contributed by atoms with Gasteiger partial charge in [0.2, 0.25) is 10.0 Å². The van der Waals surface area contributed by atoms with E-state index in [1.54, 1.807) is 6.07 Å². The molecule has 0 saturated heterocycles. The van der Waals surface area contributed by atoms with E-state index >= 15 is 0 Å². The standard InChI is InChI=1S/C13H20N4O2S/c1-4-11(2)17(3)9-8-16-20(18,19)13-6-5-7-15-12(13)10-14/h5-7,11,16H,4,8-9H2,1-3H3. The Morgan fingerprint density at radius 1 is 1.55 bits per heavy atom. The third kappa shape index (κ3) is 4.27. The zero-order valence-electron chi connectivity index (χ0n) is 12.0. The maximum atomic E-state index is 12.1. The first kappa shape index (κ1) is 16.6. The van der Waals surface area contributed by atoms with Crippen LogP contribution in [0.2, 0.25) is 0 Å². The van der Waals surface area contributed by atoms with Crippen LogP contribution in [0.1, 0.15) is 26.0 Å². The summed E-state index contributed by atoms with van der Waals surface area (Å²) in [7, 11) is -1.74. The molecule has 1 heterocycles. The van der Waals surface area contributed by atoms with Crippen LogP contribution in [-0.2, 0) is 10.0 Å². The lowest BCUT2D eigenvalue weighted by atomic mass is 10.2. The van der Waals surface area contributed by atoms with Gasteiger partial charge < -0.3 is 4.90 Å². The van der Waals surface area contributed by atoms with Crippen molar-refractivity contribution in [3.63, 3.8) is 0 Å². The van der Waals surface area contributed by atoms with E-state index in [-0.39, 0.29) is 10.6 Å². The molecule has 1 N–H and O–H groups in total. The second-order valence-electron chi connectivity index (χ2n) is 4.60. The van der Waals surface area contributed by atoms with Gasteiger partial charge in [-0.3, -0.25) is 0 Å². The fourth-order valence-corrected chi connectivity index (χ4v) is 2.78. The topological polar surface area (TPSA) is 86.1 Å². The summed E-state index contributed by atoms with van der Waals surface area (Å²) in [5.74, 6) is 0. The number of pyridine rings is 1. The maximum absolute atomic E-state index is 12.1. The van der Waals surface area contributed by atoms with Crippen LogP contribution >= 0.6 is 0 Å². The van der Waals surface area contributed by atoms with Gasteiger partial charge in [-0.2, -0.15) is 5.26 Å². The Balaban J connectivity index is 2.70. The molecule has 110 valence electrons. The summed E-state index contributed by atoms with van der Waals surface area (Å²) >= 11 is 0. The van der Waals surface area contributed by atoms with Crippen LogP contribution in [0, 0.1) is 11.3 Å². The molecule has 1 aromatic rings. The predicted octanol–water partition coefficient (Wildman–Crippen LogP) is 0.962. The maximum Gasteiger partial charge on any atom is 0.243 e. The van der Waals surface area contributed by atoms with E-state index in [1.807, 2.05) is 7.05 Å². The zero-order valence-corrected chi connectivity index (χ0v) is 12.8. The zero-order chi connectivity index (χ0) is 15.2. The molecule has 0 fully saturated rings. The van der Waals surface area contributed by atoms with Crippen molar-refractivity contribution in [2.45, 2.75) is 31.2 Å². The quantitative estimate of drug-likeness (QED) is 0.810. The lowest BCUT2D eigenvalue weighted by Gasteiger charge is -2.23. The van der Waals surface area contributed by atoms with E-state index in [0.29, 0.717) is 19.1 Å². The van der Waals surface area contributed by atoms with Gasteiger partial charge in [0.05, 0.1) is 0 Å². The number of nitriles is 1. The van der Waals surface area contributed by atoms with Crippen LogP contribution in [0.4, 0.5) is 0 Å². The van der Waals surface area contributed by atoms with Gasteiger partial charge in [0, 0.05) is 25.3 Å². The molecule has 0 spiro atoms. The van der Waals surface area contributed by atoms with Gasteiger partial charge in [-0.15, -0.1) is 0 Å². The van der Waals surface area contributed by atoms with Gasteiger partial charge in [-0.1, -0.05) is 6.92 Å². The van der Waals surface area contributed by atoms with Crippen LogP contribution in [0.15, 0.2) is 23.2 Å². The summed E-state index contributed by atoms with van der Waals surface area (Å²) < 4.78 is 26.7. The van der Waals surface area contributed by atoms with Gasteiger partial charge >= 0.3 is 0 Å². The normalized spacial score (nSPS) is 13.2. The van der Waals surface area contributed by atoms with Gasteiger partial charge in [0.15, 0.2) is 5.69 Å². The summed E-state index contributed by atoms with van der Waals surface area (Å²) in [5, 5.41) is 8.89. The van der Waals surface area contributed by atoms with Crippen molar-refractivity contribution >= 4 is 10.0 Å². The van der Waals surface area contributed by atoms with E-state index in [1.165, 1.54) is 18.3 Å². The van der Waals surface area contributed by atoms with E-state index in [0.717, 1.165) is 6.42 Å². The van der Waals surface area contributed by atoms with Crippen molar-refractivity contribution < 1.29 is 8.42 Å². The molecule has 0 amide bonds. The Morgan fingerprint density at radius 2 is 2.25 bits per heavy atom. The third-order valence-corrected chi connectivity index (χ3v) is 4.76. The lowest BCUT2D eigenvalue weighted by molar-refractivity contribution is 0.256. The number of rotatable bonds is 7. The number of hydrogen-bond donors (Lipinski definition) is 1. The smallest absolute Gasteiger partial charge is 0.243 e. The third-order valence-electron chi connectivity index (χ3n) is 3.27. The SMILES string of the molecule is CCC(C)N(C)CCNS(=O)(=O)c1cccnc1C#N. The molecule has 0 bridgehead atoms. The lowest BCUT2D eigenvalue weighted by Crippen LogP contribution is -2.37. The van der Waals surface area contributed by atoms with E-state index in [4.69, 9.17) is 5.26 Å². The minimum atomic E-state index is -3.69. The molecular weight excluding hydrogens is 276 g/mol. The highest BCUT2D eigenvalue weighted by molar-refractivity contribution is 7.89. The number of aromatic nitrogens is 1. The van der Waals surface area contributed by atoms with E-state index < -0.39 is 10.0 Å². The summed E-state index contributed by atoms with van der Waals surface area (Å²) in [5.41, 5.74) is -0.0877. The monoisotopic (exact) mass is 296 g/mol. The molecule has 6 nitrogen and oxygen atoms in total. The number of hydrogen-bond acceptors (Lipinski definition) is 5. The van der Waals surface area contributed by atoms with Gasteiger partial charge in [-0.25, -0.2) is 18.1 Å². The van der Waals surface area contributed by atoms with Crippen molar-refractivity contribution in [1.29, 1.82) is 5.26 Å². The Labute approximate surface area is 120 Å². The number of likely N-dealkylation sites (N-methyl/N-ethyl adjacent to an activating group) is 1. The summed E-state index contributed by atoms with van der Waals surface area (Å²) in [6, 6.07) is 5.07. The first-order valence-electron chi connectivity index (χ1n) is 6.47. The summed E-state index contributed by atoms with van der Waals surface area (Å²) in [6.45, 7) is 5.07. The molecular formula is C13H20N4O2S. The Kier molecular flexibility index (Phi) is 6.07. The number of nitrogens with zero attached hydrogens (tertiary/aromatic N) is 3. The fourth-order valence-electron chi connectivity index (χ4n) is 1.66. The highest BCUT2D eigenvalue weighted by Gasteiger charge is 2.19. The van der Waals surface area contributed by atoms with Crippen LogP contribution in [0.25, 0.3) is 0 Å². The van der Waals surface area contributed by atoms with Crippen molar-refractivity contribution in [3.05, 3.63) is 24.0 Å². The average Bonchev–Trinajstić information content (AvgIpc) is 2.45. The average molecular weight is 296 g/mol. The number of nitrogens with one attached hydrogen (secondary N) is 1. The van der Waals surface area contributed by atoms with Crippen LogP contribution in [-0.4, -0.2) is 44.5 Å². The molecule has 0 saturated carbocycles. The van der Waals surface area contributed by atoms with Crippen molar-refractivity contribution in [2.75, 3.05) is 20.1 Å². The second kappa shape index (κ2) is 7.33. The molecule has 0 aliphatic rings. The van der Waals surface area contributed by atoms with Gasteiger partial charge in [-0.05, 0) is 32.5 Å². The fraction of sp³-hybridized carbons (Fsp3) is 0.538. The van der Waals surface area contributed by atoms with E-state index in [2.05, 4.69) is 28.5 Å². The number of sulfonamides is 1. The second-order valence-corrected chi connectivity index (χ2v) is 6.33. The van der Waals surface area contributed by atoms with Crippen molar-refractivity contribution in [1.82, 2.24) is 14.6 Å². The van der Waals surface area contributed by atoms with Crippen LogP contribution in [0.3, 0.4) is 0 Å². The first-order valence-corrected chi connectivity index (χ1v) is 7.95. The summed E-state index contributed by atoms with van der Waals surface area (Å²) in [6.07, 6.45) is 2.40. The predicted molar refractivity (Wildman–Crippen MR) is 76.5 cm³/mol. The minimum Gasteiger partial charge on any atom is -0.302 e. The Hall–Kier alpha value is -1.49. The highest BCUT2D eigenvalue weighted by Crippen LogP contribution is 2.11. The Morgan fingerprint density at radius 3 is 2.85 bits per heavy atom. The van der Waals surface area contributed by atoms with Gasteiger partial charge in [0.25, 0.3) is 0 Å². The minimum absolute atomic E-state index is 0.0753. The largest absolute Gasteiger partial charge is 0.302 e. The van der Waals surface area contributed by atoms with Gasteiger partial charge in [0.1, 0.15) is 11.0 Å². The molecule has 7 heteroatoms. The molecule has 20 heavy (non-hydrogen) atoms. The summed E-state index contributed by atoms with van der Waals surface area (Å²) in [4.78, 5) is 5.76. The van der Waals surface area contributed by atoms with Crippen molar-refractivity contribution in [3.8, 4) is 6.07 Å². The highest BCUT2D eigenvalue weighted by atomic mass is 32.2. The van der Waals surface area contributed by atoms with Crippen LogP contribution < -0.4 is 4.72 Å². The molecule has 1 atom stereocenters. The van der Waals surface area contributed by atoms with Crippen LogP contribution in [0.5, 0.6) is 0 Å². The molecule has 0 aromatic carbocycles. The van der Waals surface area contributed by atoms with E-state index in [9.17, 15) is 8.42 Å². The first-order chi connectivity index (χ1) is 9.42. The Bertz CT molecular complexity index is 580. The molecule has 1 aromatic heterocycles. The molecule has 0 aliphatic heterocycles. The molecule has 0 radical (unpaired) electrons. The molecule has 1 unspecified atom stereocenters. The molecule has 0 aliphatic carbocycles. The van der Waals surface area contributed by atoms with Crippen molar-refractivity contribution in [2.24, 2.45) is 0 Å².